The van der Waals surface area contributed by atoms with E-state index >= 15 is 0 Å². The molecule has 2 aromatic rings. The number of ether oxygens (including phenoxy) is 1. The third-order valence-corrected chi connectivity index (χ3v) is 4.69. The maximum atomic E-state index is 13.3. The Kier molecular flexibility index (Phi) is 5.37. The molecule has 25 heavy (non-hydrogen) atoms. The fraction of sp³-hybridized carbons (Fsp3) is 0.316. The maximum Gasteiger partial charge on any atom is 0.244 e. The first-order chi connectivity index (χ1) is 12.0. The molecule has 0 spiro atoms. The van der Waals surface area contributed by atoms with Gasteiger partial charge in [-0.25, -0.2) is 4.39 Å². The summed E-state index contributed by atoms with van der Waals surface area (Å²) < 4.78 is 19.1. The normalized spacial score (nSPS) is 18.9. The van der Waals surface area contributed by atoms with E-state index in [1.807, 2.05) is 31.2 Å². The van der Waals surface area contributed by atoms with Crippen LogP contribution in [-0.2, 0) is 9.53 Å². The lowest BCUT2D eigenvalue weighted by Gasteiger charge is -2.34. The number of carbonyl (C=O) groups excluding carboxylic acids is 1. The Morgan fingerprint density at radius 2 is 2.04 bits per heavy atom. The molecule has 0 aromatic heterocycles. The van der Waals surface area contributed by atoms with Gasteiger partial charge >= 0.3 is 0 Å². The highest BCUT2D eigenvalue weighted by molar-refractivity contribution is 6.30. The minimum atomic E-state index is -0.712. The summed E-state index contributed by atoms with van der Waals surface area (Å²) in [5.74, 6) is -0.624. The van der Waals surface area contributed by atoms with Gasteiger partial charge in [0.05, 0.1) is 18.2 Å². The van der Waals surface area contributed by atoms with Crippen molar-refractivity contribution in [1.29, 1.82) is 0 Å². The first-order valence-corrected chi connectivity index (χ1v) is 8.51. The lowest BCUT2D eigenvalue weighted by molar-refractivity contribution is -0.140. The number of nitrogens with zero attached hydrogens (tertiary/aromatic N) is 1. The predicted molar refractivity (Wildman–Crippen MR) is 94.8 cm³/mol. The van der Waals surface area contributed by atoms with Crippen molar-refractivity contribution < 1.29 is 13.9 Å². The van der Waals surface area contributed by atoms with E-state index in [0.29, 0.717) is 19.7 Å². The van der Waals surface area contributed by atoms with E-state index in [4.69, 9.17) is 22.1 Å². The van der Waals surface area contributed by atoms with Crippen LogP contribution in [0.2, 0.25) is 5.02 Å². The van der Waals surface area contributed by atoms with Crippen molar-refractivity contribution >= 4 is 17.5 Å². The van der Waals surface area contributed by atoms with Crippen LogP contribution in [0.4, 0.5) is 4.39 Å². The fourth-order valence-corrected chi connectivity index (χ4v) is 3.07. The Hall–Kier alpha value is -1.95. The lowest BCUT2D eigenvalue weighted by atomic mass is 10.0. The van der Waals surface area contributed by atoms with Gasteiger partial charge in [-0.1, -0.05) is 47.5 Å². The SMILES string of the molecule is Cc1ccc(C(N)C(=O)N2CCOC(c3ccc(F)c(Cl)c3)C2)cc1. The number of amides is 1. The summed E-state index contributed by atoms with van der Waals surface area (Å²) in [6, 6.07) is 11.4. The van der Waals surface area contributed by atoms with Crippen molar-refractivity contribution in [2.24, 2.45) is 5.73 Å². The van der Waals surface area contributed by atoms with Gasteiger partial charge in [0.2, 0.25) is 5.91 Å². The molecule has 0 bridgehead atoms. The Bertz CT molecular complexity index is 767. The summed E-state index contributed by atoms with van der Waals surface area (Å²) >= 11 is 5.84. The van der Waals surface area contributed by atoms with Gasteiger partial charge in [-0.3, -0.25) is 4.79 Å². The molecule has 4 nitrogen and oxygen atoms in total. The third-order valence-electron chi connectivity index (χ3n) is 4.40. The average molecular weight is 363 g/mol. The fourth-order valence-electron chi connectivity index (χ4n) is 2.88. The molecule has 2 unspecified atom stereocenters. The molecule has 1 amide bonds. The van der Waals surface area contributed by atoms with Gasteiger partial charge in [0, 0.05) is 6.54 Å². The van der Waals surface area contributed by atoms with Crippen molar-refractivity contribution in [3.8, 4) is 0 Å². The molecule has 0 saturated carbocycles. The van der Waals surface area contributed by atoms with Crippen molar-refractivity contribution in [3.63, 3.8) is 0 Å². The molecule has 3 rings (SSSR count). The second-order valence-corrected chi connectivity index (χ2v) is 6.61. The molecule has 2 aromatic carbocycles. The first kappa shape index (κ1) is 17.9. The Labute approximate surface area is 151 Å². The molecule has 1 fully saturated rings. The number of halogens is 2. The molecule has 1 saturated heterocycles. The highest BCUT2D eigenvalue weighted by Gasteiger charge is 2.29. The van der Waals surface area contributed by atoms with Gasteiger partial charge in [0.25, 0.3) is 0 Å². The van der Waals surface area contributed by atoms with Gasteiger partial charge in [0.1, 0.15) is 18.0 Å². The number of benzene rings is 2. The van der Waals surface area contributed by atoms with Crippen LogP contribution in [0.1, 0.15) is 28.8 Å². The second kappa shape index (κ2) is 7.52. The Morgan fingerprint density at radius 1 is 1.32 bits per heavy atom. The van der Waals surface area contributed by atoms with Crippen molar-refractivity contribution in [2.45, 2.75) is 19.1 Å². The van der Waals surface area contributed by atoms with Crippen LogP contribution in [0.15, 0.2) is 42.5 Å². The van der Waals surface area contributed by atoms with Crippen LogP contribution in [0.3, 0.4) is 0 Å². The lowest BCUT2D eigenvalue weighted by Crippen LogP contribution is -2.46. The molecular weight excluding hydrogens is 343 g/mol. The van der Waals surface area contributed by atoms with Crippen molar-refractivity contribution in [1.82, 2.24) is 4.90 Å². The smallest absolute Gasteiger partial charge is 0.244 e. The van der Waals surface area contributed by atoms with E-state index in [0.717, 1.165) is 16.7 Å². The number of aryl methyl sites for hydroxylation is 1. The van der Waals surface area contributed by atoms with Crippen LogP contribution in [0.5, 0.6) is 0 Å². The zero-order chi connectivity index (χ0) is 18.0. The molecule has 132 valence electrons. The first-order valence-electron chi connectivity index (χ1n) is 8.13. The zero-order valence-electron chi connectivity index (χ0n) is 13.9. The summed E-state index contributed by atoms with van der Waals surface area (Å²) in [4.78, 5) is 14.4. The number of nitrogens with two attached hydrogens (primary N) is 1. The largest absolute Gasteiger partial charge is 0.370 e. The predicted octanol–water partition coefficient (Wildman–Crippen LogP) is 3.39. The van der Waals surface area contributed by atoms with Gasteiger partial charge in [-0.2, -0.15) is 0 Å². The molecule has 6 heteroatoms. The summed E-state index contributed by atoms with van der Waals surface area (Å²) in [5, 5.41) is 0.0425. The van der Waals surface area contributed by atoms with Crippen LogP contribution < -0.4 is 5.73 Å². The highest BCUT2D eigenvalue weighted by Crippen LogP contribution is 2.27. The topological polar surface area (TPSA) is 55.6 Å². The maximum absolute atomic E-state index is 13.3. The summed E-state index contributed by atoms with van der Waals surface area (Å²) in [6.45, 7) is 3.22. The quantitative estimate of drug-likeness (QED) is 0.910. The molecule has 2 atom stereocenters. The standard InChI is InChI=1S/C19H20ClFN2O2/c1-12-2-4-13(5-3-12)18(22)19(24)23-8-9-25-17(11-23)14-6-7-16(21)15(20)10-14/h2-7,10,17-18H,8-9,11,22H2,1H3. The number of rotatable bonds is 3. The Morgan fingerprint density at radius 3 is 2.72 bits per heavy atom. The van der Waals surface area contributed by atoms with Gasteiger partial charge < -0.3 is 15.4 Å². The van der Waals surface area contributed by atoms with E-state index in [9.17, 15) is 9.18 Å². The van der Waals surface area contributed by atoms with Gasteiger partial charge in [0.15, 0.2) is 0 Å². The summed E-state index contributed by atoms with van der Waals surface area (Å²) in [7, 11) is 0. The molecule has 0 aliphatic carbocycles. The minimum absolute atomic E-state index is 0.0425. The Balaban J connectivity index is 1.72. The van der Waals surface area contributed by atoms with E-state index in [1.54, 1.807) is 11.0 Å². The summed E-state index contributed by atoms with van der Waals surface area (Å²) in [5.41, 5.74) is 8.78. The van der Waals surface area contributed by atoms with Gasteiger partial charge in [-0.05, 0) is 30.2 Å². The van der Waals surface area contributed by atoms with Crippen LogP contribution in [-0.4, -0.2) is 30.5 Å². The summed E-state index contributed by atoms with van der Waals surface area (Å²) in [6.07, 6.45) is -0.346. The monoisotopic (exact) mass is 362 g/mol. The minimum Gasteiger partial charge on any atom is -0.370 e. The molecule has 2 N–H and O–H groups in total. The van der Waals surface area contributed by atoms with Crippen molar-refractivity contribution in [2.75, 3.05) is 19.7 Å². The molecular formula is C19H20ClFN2O2. The van der Waals surface area contributed by atoms with Crippen LogP contribution in [0, 0.1) is 12.7 Å². The highest BCUT2D eigenvalue weighted by atomic mass is 35.5. The number of morpholine rings is 1. The van der Waals surface area contributed by atoms with E-state index < -0.39 is 11.9 Å². The van der Waals surface area contributed by atoms with Crippen LogP contribution in [0.25, 0.3) is 0 Å². The van der Waals surface area contributed by atoms with E-state index in [2.05, 4.69) is 0 Å². The molecule has 1 heterocycles. The van der Waals surface area contributed by atoms with Crippen molar-refractivity contribution in [3.05, 3.63) is 70.0 Å². The number of hydrogen-bond donors (Lipinski definition) is 1. The zero-order valence-corrected chi connectivity index (χ0v) is 14.7. The van der Waals surface area contributed by atoms with E-state index in [-0.39, 0.29) is 17.0 Å². The third kappa shape index (κ3) is 4.00. The second-order valence-electron chi connectivity index (χ2n) is 6.21. The van der Waals surface area contributed by atoms with Crippen LogP contribution >= 0.6 is 11.6 Å². The molecule has 1 aliphatic rings. The number of carbonyl (C=O) groups is 1. The average Bonchev–Trinajstić information content (AvgIpc) is 2.63. The molecule has 1 aliphatic heterocycles. The van der Waals surface area contributed by atoms with E-state index in [1.165, 1.54) is 12.1 Å². The van der Waals surface area contributed by atoms with Gasteiger partial charge in [-0.15, -0.1) is 0 Å². The molecule has 0 radical (unpaired) electrons. The number of hydrogen-bond acceptors (Lipinski definition) is 3.